The summed E-state index contributed by atoms with van der Waals surface area (Å²) in [5.41, 5.74) is 3.20. The molecule has 0 aliphatic carbocycles. The summed E-state index contributed by atoms with van der Waals surface area (Å²) in [4.78, 5) is 13.9. The van der Waals surface area contributed by atoms with Gasteiger partial charge in [-0.05, 0) is 37.2 Å². The summed E-state index contributed by atoms with van der Waals surface area (Å²) in [6.07, 6.45) is 1.01. The van der Waals surface area contributed by atoms with Crippen molar-refractivity contribution in [2.75, 3.05) is 39.0 Å². The Bertz CT molecular complexity index is 426. The molecule has 0 atom stereocenters. The van der Waals surface area contributed by atoms with Crippen LogP contribution in [0.2, 0.25) is 0 Å². The lowest BCUT2D eigenvalue weighted by molar-refractivity contribution is 0.0797. The minimum absolute atomic E-state index is 0. The van der Waals surface area contributed by atoms with E-state index in [4.69, 9.17) is 0 Å². The zero-order valence-electron chi connectivity index (χ0n) is 11.2. The van der Waals surface area contributed by atoms with Gasteiger partial charge in [0.25, 0.3) is 5.91 Å². The second-order valence-electron chi connectivity index (χ2n) is 4.38. The summed E-state index contributed by atoms with van der Waals surface area (Å²) in [5, 5.41) is 6.34. The molecular formula is C13H21Cl2N3O. The number of fused-ring (bicyclic) bond motifs is 1. The number of likely N-dealkylation sites (N-methyl/N-ethyl adjacent to an activating group) is 2. The van der Waals surface area contributed by atoms with Crippen LogP contribution >= 0.6 is 24.8 Å². The first kappa shape index (κ1) is 18.0. The molecule has 19 heavy (non-hydrogen) atoms. The van der Waals surface area contributed by atoms with Crippen LogP contribution in [0.3, 0.4) is 0 Å². The molecule has 1 aliphatic heterocycles. The molecule has 0 fully saturated rings. The number of anilines is 1. The first-order valence-corrected chi connectivity index (χ1v) is 5.99. The van der Waals surface area contributed by atoms with Gasteiger partial charge in [0.15, 0.2) is 0 Å². The number of nitrogens with one attached hydrogen (secondary N) is 2. The fourth-order valence-electron chi connectivity index (χ4n) is 2.04. The lowest BCUT2D eigenvalue weighted by atomic mass is 10.1. The van der Waals surface area contributed by atoms with Crippen molar-refractivity contribution in [2.24, 2.45) is 0 Å². The van der Waals surface area contributed by atoms with E-state index in [0.29, 0.717) is 0 Å². The van der Waals surface area contributed by atoms with Crippen LogP contribution in [-0.4, -0.2) is 44.5 Å². The molecule has 0 aromatic heterocycles. The molecule has 108 valence electrons. The zero-order chi connectivity index (χ0) is 12.3. The van der Waals surface area contributed by atoms with E-state index in [0.717, 1.165) is 31.6 Å². The summed E-state index contributed by atoms with van der Waals surface area (Å²) < 4.78 is 0. The molecule has 1 aromatic rings. The van der Waals surface area contributed by atoms with E-state index in [9.17, 15) is 4.79 Å². The number of carbonyl (C=O) groups is 1. The summed E-state index contributed by atoms with van der Waals surface area (Å²) >= 11 is 0. The maximum atomic E-state index is 12.1. The lowest BCUT2D eigenvalue weighted by Crippen LogP contribution is -2.32. The predicted molar refractivity (Wildman–Crippen MR) is 84.0 cm³/mol. The van der Waals surface area contributed by atoms with Crippen molar-refractivity contribution in [3.63, 3.8) is 0 Å². The summed E-state index contributed by atoms with van der Waals surface area (Å²) in [5.74, 6) is 0.0925. The van der Waals surface area contributed by atoms with Gasteiger partial charge in [-0.2, -0.15) is 0 Å². The Kier molecular flexibility index (Phi) is 7.83. The van der Waals surface area contributed by atoms with Gasteiger partial charge < -0.3 is 15.5 Å². The molecule has 0 unspecified atom stereocenters. The third-order valence-corrected chi connectivity index (χ3v) is 3.11. The topological polar surface area (TPSA) is 44.4 Å². The fourth-order valence-corrected chi connectivity index (χ4v) is 2.04. The van der Waals surface area contributed by atoms with E-state index < -0.39 is 0 Å². The average Bonchev–Trinajstić information content (AvgIpc) is 2.81. The van der Waals surface area contributed by atoms with Gasteiger partial charge in [-0.25, -0.2) is 0 Å². The van der Waals surface area contributed by atoms with E-state index in [1.165, 1.54) is 11.3 Å². The largest absolute Gasteiger partial charge is 0.384 e. The van der Waals surface area contributed by atoms with Crippen molar-refractivity contribution in [2.45, 2.75) is 6.42 Å². The van der Waals surface area contributed by atoms with Gasteiger partial charge in [0.1, 0.15) is 0 Å². The Morgan fingerprint density at radius 1 is 1.42 bits per heavy atom. The van der Waals surface area contributed by atoms with Crippen LogP contribution in [0.5, 0.6) is 0 Å². The molecule has 2 N–H and O–H groups in total. The molecule has 2 rings (SSSR count). The molecule has 0 saturated carbocycles. The van der Waals surface area contributed by atoms with E-state index in [-0.39, 0.29) is 30.7 Å². The van der Waals surface area contributed by atoms with Crippen molar-refractivity contribution in [3.05, 3.63) is 29.3 Å². The molecule has 0 bridgehead atoms. The SMILES string of the molecule is CNCCN(C)C(=O)c1ccc2c(c1)CCN2.Cl.Cl. The van der Waals surface area contributed by atoms with Crippen molar-refractivity contribution < 1.29 is 4.79 Å². The first-order valence-electron chi connectivity index (χ1n) is 5.99. The highest BCUT2D eigenvalue weighted by molar-refractivity contribution is 5.94. The standard InChI is InChI=1S/C13H19N3O.2ClH/c1-14-7-8-16(2)13(17)11-3-4-12-10(9-11)5-6-15-12;;/h3-4,9,14-15H,5-8H2,1-2H3;2*1H. The van der Waals surface area contributed by atoms with E-state index >= 15 is 0 Å². The molecule has 0 spiro atoms. The van der Waals surface area contributed by atoms with Crippen LogP contribution in [-0.2, 0) is 6.42 Å². The maximum Gasteiger partial charge on any atom is 0.253 e. The molecular weight excluding hydrogens is 285 g/mol. The number of nitrogens with zero attached hydrogens (tertiary/aromatic N) is 1. The highest BCUT2D eigenvalue weighted by atomic mass is 35.5. The van der Waals surface area contributed by atoms with Crippen LogP contribution in [0.4, 0.5) is 5.69 Å². The second-order valence-corrected chi connectivity index (χ2v) is 4.38. The van der Waals surface area contributed by atoms with Crippen molar-refractivity contribution in [3.8, 4) is 0 Å². The fraction of sp³-hybridized carbons (Fsp3) is 0.462. The van der Waals surface area contributed by atoms with Crippen LogP contribution < -0.4 is 10.6 Å². The summed E-state index contributed by atoms with van der Waals surface area (Å²) in [6, 6.07) is 5.91. The van der Waals surface area contributed by atoms with Crippen LogP contribution in [0.1, 0.15) is 15.9 Å². The first-order chi connectivity index (χ1) is 8.22. The van der Waals surface area contributed by atoms with Crippen molar-refractivity contribution in [1.82, 2.24) is 10.2 Å². The number of carbonyl (C=O) groups excluding carboxylic acids is 1. The average molecular weight is 306 g/mol. The normalized spacial score (nSPS) is 11.7. The number of hydrogen-bond acceptors (Lipinski definition) is 3. The maximum absolute atomic E-state index is 12.1. The molecule has 6 heteroatoms. The monoisotopic (exact) mass is 305 g/mol. The number of amides is 1. The smallest absolute Gasteiger partial charge is 0.253 e. The third-order valence-electron chi connectivity index (χ3n) is 3.11. The highest BCUT2D eigenvalue weighted by Crippen LogP contribution is 2.23. The van der Waals surface area contributed by atoms with Gasteiger partial charge in [0, 0.05) is 37.9 Å². The zero-order valence-corrected chi connectivity index (χ0v) is 12.9. The lowest BCUT2D eigenvalue weighted by Gasteiger charge is -2.17. The van der Waals surface area contributed by atoms with Gasteiger partial charge in [0.2, 0.25) is 0 Å². The van der Waals surface area contributed by atoms with E-state index in [1.807, 2.05) is 32.3 Å². The molecule has 0 radical (unpaired) electrons. The number of halogens is 2. The second kappa shape index (κ2) is 8.25. The van der Waals surface area contributed by atoms with E-state index in [1.54, 1.807) is 4.90 Å². The van der Waals surface area contributed by atoms with Crippen LogP contribution in [0.15, 0.2) is 18.2 Å². The van der Waals surface area contributed by atoms with Gasteiger partial charge in [-0.1, -0.05) is 0 Å². The van der Waals surface area contributed by atoms with Gasteiger partial charge in [-0.15, -0.1) is 24.8 Å². The minimum atomic E-state index is 0. The Morgan fingerprint density at radius 3 is 2.84 bits per heavy atom. The molecule has 1 aromatic carbocycles. The third kappa shape index (κ3) is 4.27. The molecule has 0 saturated heterocycles. The molecule has 1 aliphatic rings. The van der Waals surface area contributed by atoms with Gasteiger partial charge >= 0.3 is 0 Å². The van der Waals surface area contributed by atoms with Crippen molar-refractivity contribution >= 4 is 36.4 Å². The quantitative estimate of drug-likeness (QED) is 0.891. The number of hydrogen-bond donors (Lipinski definition) is 2. The Morgan fingerprint density at radius 2 is 2.16 bits per heavy atom. The summed E-state index contributed by atoms with van der Waals surface area (Å²) in [6.45, 7) is 2.52. The number of benzene rings is 1. The summed E-state index contributed by atoms with van der Waals surface area (Å²) in [7, 11) is 3.73. The number of rotatable bonds is 4. The van der Waals surface area contributed by atoms with Crippen LogP contribution in [0, 0.1) is 0 Å². The highest BCUT2D eigenvalue weighted by Gasteiger charge is 2.15. The van der Waals surface area contributed by atoms with Gasteiger partial charge in [-0.3, -0.25) is 4.79 Å². The predicted octanol–water partition coefficient (Wildman–Crippen LogP) is 1.79. The Labute approximate surface area is 126 Å². The molecule has 1 amide bonds. The molecule has 4 nitrogen and oxygen atoms in total. The van der Waals surface area contributed by atoms with Crippen molar-refractivity contribution in [1.29, 1.82) is 0 Å². The molecule has 1 heterocycles. The Balaban J connectivity index is 0.00000162. The Hall–Kier alpha value is -0.970. The minimum Gasteiger partial charge on any atom is -0.384 e. The van der Waals surface area contributed by atoms with Gasteiger partial charge in [0.05, 0.1) is 0 Å². The van der Waals surface area contributed by atoms with E-state index in [2.05, 4.69) is 10.6 Å². The van der Waals surface area contributed by atoms with Crippen LogP contribution in [0.25, 0.3) is 0 Å².